The van der Waals surface area contributed by atoms with Crippen molar-refractivity contribution >= 4 is 6.29 Å². The van der Waals surface area contributed by atoms with Gasteiger partial charge in [0.1, 0.15) is 6.29 Å². The van der Waals surface area contributed by atoms with Gasteiger partial charge in [0.25, 0.3) is 0 Å². The van der Waals surface area contributed by atoms with Gasteiger partial charge in [-0.3, -0.25) is 4.79 Å². The van der Waals surface area contributed by atoms with Gasteiger partial charge in [0, 0.05) is 0 Å². The summed E-state index contributed by atoms with van der Waals surface area (Å²) in [5, 5.41) is 3.28. The van der Waals surface area contributed by atoms with E-state index in [0.717, 1.165) is 31.7 Å². The highest BCUT2D eigenvalue weighted by Gasteiger charge is 2.11. The molecule has 1 N–H and O–H groups in total. The summed E-state index contributed by atoms with van der Waals surface area (Å²) in [5.74, 6) is 0.760. The molecule has 10 heavy (non-hydrogen) atoms. The molecule has 0 aromatic rings. The molecule has 0 saturated carbocycles. The van der Waals surface area contributed by atoms with Crippen LogP contribution in [-0.2, 0) is 4.79 Å². The maximum atomic E-state index is 9.88. The summed E-state index contributed by atoms with van der Waals surface area (Å²) in [5.41, 5.74) is 0. The Hall–Kier alpha value is -0.630. The first-order chi connectivity index (χ1) is 4.93. The Morgan fingerprint density at radius 1 is 1.60 bits per heavy atom. The van der Waals surface area contributed by atoms with Gasteiger partial charge in [0.15, 0.2) is 0 Å². The van der Waals surface area contributed by atoms with Crippen molar-refractivity contribution in [3.8, 4) is 0 Å². The number of allylic oxidation sites excluding steroid dienone is 2. The fourth-order valence-corrected chi connectivity index (χ4v) is 1.24. The zero-order valence-electron chi connectivity index (χ0n) is 6.05. The third kappa shape index (κ3) is 2.31. The molecule has 1 unspecified atom stereocenters. The van der Waals surface area contributed by atoms with Crippen LogP contribution in [0.1, 0.15) is 12.8 Å². The van der Waals surface area contributed by atoms with Gasteiger partial charge in [-0.2, -0.15) is 0 Å². The van der Waals surface area contributed by atoms with E-state index >= 15 is 0 Å². The minimum Gasteiger partial charge on any atom is -0.316 e. The van der Waals surface area contributed by atoms with Gasteiger partial charge in [-0.15, -0.1) is 0 Å². The Balaban J connectivity index is 2.12. The van der Waals surface area contributed by atoms with Crippen molar-refractivity contribution in [2.75, 3.05) is 13.1 Å². The summed E-state index contributed by atoms with van der Waals surface area (Å²) in [4.78, 5) is 9.88. The summed E-state index contributed by atoms with van der Waals surface area (Å²) in [6.45, 7) is 2.25. The summed E-state index contributed by atoms with van der Waals surface area (Å²) in [6.07, 6.45) is 6.67. The van der Waals surface area contributed by atoms with Crippen molar-refractivity contribution in [1.82, 2.24) is 5.32 Å². The van der Waals surface area contributed by atoms with Gasteiger partial charge >= 0.3 is 0 Å². The first-order valence-electron chi connectivity index (χ1n) is 3.74. The van der Waals surface area contributed by atoms with Gasteiger partial charge in [-0.05, 0) is 37.9 Å². The minimum atomic E-state index is 0.760. The Morgan fingerprint density at radius 2 is 2.50 bits per heavy atom. The molecule has 0 aliphatic carbocycles. The Bertz CT molecular complexity index is 125. The fourth-order valence-electron chi connectivity index (χ4n) is 1.24. The molecule has 1 aliphatic rings. The molecule has 1 aliphatic heterocycles. The van der Waals surface area contributed by atoms with E-state index in [4.69, 9.17) is 0 Å². The molecule has 0 amide bonds. The number of carbonyl (C=O) groups excluding carboxylic acids is 1. The van der Waals surface area contributed by atoms with Crippen molar-refractivity contribution in [3.63, 3.8) is 0 Å². The van der Waals surface area contributed by atoms with Crippen LogP contribution in [0.15, 0.2) is 12.2 Å². The number of rotatable bonds is 3. The molecule has 0 spiro atoms. The molecule has 0 aromatic carbocycles. The van der Waals surface area contributed by atoms with Crippen molar-refractivity contribution in [2.24, 2.45) is 5.92 Å². The van der Waals surface area contributed by atoms with E-state index in [0.29, 0.717) is 0 Å². The second-order valence-corrected chi connectivity index (χ2v) is 2.66. The summed E-state index contributed by atoms with van der Waals surface area (Å²) in [7, 11) is 0. The topological polar surface area (TPSA) is 29.1 Å². The monoisotopic (exact) mass is 139 g/mol. The maximum absolute atomic E-state index is 9.88. The van der Waals surface area contributed by atoms with E-state index in [-0.39, 0.29) is 0 Å². The van der Waals surface area contributed by atoms with Gasteiger partial charge < -0.3 is 5.32 Å². The van der Waals surface area contributed by atoms with Crippen molar-refractivity contribution in [2.45, 2.75) is 12.8 Å². The summed E-state index contributed by atoms with van der Waals surface area (Å²) in [6, 6.07) is 0. The first kappa shape index (κ1) is 7.48. The zero-order valence-corrected chi connectivity index (χ0v) is 6.05. The second-order valence-electron chi connectivity index (χ2n) is 2.66. The Morgan fingerprint density at radius 3 is 3.10 bits per heavy atom. The average Bonchev–Trinajstić information content (AvgIpc) is 2.41. The van der Waals surface area contributed by atoms with Crippen LogP contribution in [0.4, 0.5) is 0 Å². The van der Waals surface area contributed by atoms with E-state index in [2.05, 4.69) is 5.32 Å². The highest BCUT2D eigenvalue weighted by atomic mass is 16.1. The Kier molecular flexibility index (Phi) is 3.16. The van der Waals surface area contributed by atoms with Crippen LogP contribution in [-0.4, -0.2) is 19.4 Å². The van der Waals surface area contributed by atoms with Crippen LogP contribution in [0.25, 0.3) is 0 Å². The lowest BCUT2D eigenvalue weighted by Gasteiger charge is -2.00. The third-order valence-corrected chi connectivity index (χ3v) is 1.85. The van der Waals surface area contributed by atoms with Crippen molar-refractivity contribution < 1.29 is 4.79 Å². The van der Waals surface area contributed by atoms with E-state index in [1.807, 2.05) is 6.08 Å². The largest absolute Gasteiger partial charge is 0.316 e. The lowest BCUT2D eigenvalue weighted by atomic mass is 10.1. The van der Waals surface area contributed by atoms with Crippen molar-refractivity contribution in [1.29, 1.82) is 0 Å². The van der Waals surface area contributed by atoms with Crippen LogP contribution in [0.3, 0.4) is 0 Å². The fraction of sp³-hybridized carbons (Fsp3) is 0.625. The van der Waals surface area contributed by atoms with E-state index < -0.39 is 0 Å². The van der Waals surface area contributed by atoms with Crippen LogP contribution >= 0.6 is 0 Å². The summed E-state index contributed by atoms with van der Waals surface area (Å²) < 4.78 is 0. The number of nitrogens with one attached hydrogen (secondary N) is 1. The normalized spacial score (nSPS) is 25.8. The predicted octanol–water partition coefficient (Wildman–Crippen LogP) is 0.741. The van der Waals surface area contributed by atoms with Gasteiger partial charge in [0.05, 0.1) is 0 Å². The maximum Gasteiger partial charge on any atom is 0.142 e. The quantitative estimate of drug-likeness (QED) is 0.461. The van der Waals surface area contributed by atoms with Crippen LogP contribution in [0, 0.1) is 5.92 Å². The SMILES string of the molecule is O=C/C=C\CC1CCNC1. The predicted molar refractivity (Wildman–Crippen MR) is 40.8 cm³/mol. The van der Waals surface area contributed by atoms with Gasteiger partial charge in [0.2, 0.25) is 0 Å². The molecule has 0 radical (unpaired) electrons. The highest BCUT2D eigenvalue weighted by molar-refractivity contribution is 5.64. The molecule has 1 saturated heterocycles. The lowest BCUT2D eigenvalue weighted by Crippen LogP contribution is -2.08. The first-order valence-corrected chi connectivity index (χ1v) is 3.74. The molecular formula is C8H13NO. The van der Waals surface area contributed by atoms with Crippen molar-refractivity contribution in [3.05, 3.63) is 12.2 Å². The summed E-state index contributed by atoms with van der Waals surface area (Å²) >= 11 is 0. The number of aldehydes is 1. The second kappa shape index (κ2) is 4.23. The number of carbonyl (C=O) groups is 1. The van der Waals surface area contributed by atoms with Crippen LogP contribution < -0.4 is 5.32 Å². The molecule has 2 nitrogen and oxygen atoms in total. The Labute approximate surface area is 61.3 Å². The molecule has 1 heterocycles. The molecule has 0 aromatic heterocycles. The molecule has 56 valence electrons. The molecule has 1 atom stereocenters. The van der Waals surface area contributed by atoms with Crippen LogP contribution in [0.5, 0.6) is 0 Å². The zero-order chi connectivity index (χ0) is 7.23. The third-order valence-electron chi connectivity index (χ3n) is 1.85. The highest BCUT2D eigenvalue weighted by Crippen LogP contribution is 2.11. The molecule has 1 rings (SSSR count). The molecule has 0 bridgehead atoms. The number of hydrogen-bond acceptors (Lipinski definition) is 2. The van der Waals surface area contributed by atoms with Gasteiger partial charge in [-0.25, -0.2) is 0 Å². The standard InChI is InChI=1S/C8H13NO/c10-6-2-1-3-8-4-5-9-7-8/h1-2,6,8-9H,3-5,7H2/b2-1-. The average molecular weight is 139 g/mol. The minimum absolute atomic E-state index is 0.760. The number of hydrogen-bond donors (Lipinski definition) is 1. The molecule has 1 fully saturated rings. The van der Waals surface area contributed by atoms with Gasteiger partial charge in [-0.1, -0.05) is 6.08 Å². The van der Waals surface area contributed by atoms with E-state index in [1.165, 1.54) is 6.42 Å². The van der Waals surface area contributed by atoms with E-state index in [9.17, 15) is 4.79 Å². The lowest BCUT2D eigenvalue weighted by molar-refractivity contribution is -0.104. The van der Waals surface area contributed by atoms with Crippen LogP contribution in [0.2, 0.25) is 0 Å². The molecular weight excluding hydrogens is 126 g/mol. The smallest absolute Gasteiger partial charge is 0.142 e. The van der Waals surface area contributed by atoms with E-state index in [1.54, 1.807) is 6.08 Å². The molecule has 2 heteroatoms.